The molecule has 0 amide bonds. The van der Waals surface area contributed by atoms with Crippen molar-refractivity contribution in [3.8, 4) is 0 Å². The fourth-order valence-electron chi connectivity index (χ4n) is 1.07. The summed E-state index contributed by atoms with van der Waals surface area (Å²) in [5.41, 5.74) is 0. The van der Waals surface area contributed by atoms with Crippen molar-refractivity contribution in [2.75, 3.05) is 31.0 Å². The van der Waals surface area contributed by atoms with E-state index in [0.29, 0.717) is 5.01 Å². The van der Waals surface area contributed by atoms with Gasteiger partial charge in [0, 0.05) is 25.5 Å². The molecule has 0 N–H and O–H groups in total. The zero-order valence-corrected chi connectivity index (χ0v) is 7.29. The maximum atomic E-state index is 10.6. The molecule has 14 heavy (non-hydrogen) atoms. The molecule has 0 spiro atoms. The Bertz CT molecular complexity index is 424. The van der Waals surface area contributed by atoms with Gasteiger partial charge in [-0.3, -0.25) is 5.01 Å². The van der Waals surface area contributed by atoms with E-state index in [1.54, 1.807) is 6.07 Å². The Kier molecular flexibility index (Phi) is 1.49. The van der Waals surface area contributed by atoms with Gasteiger partial charge in [0.25, 0.3) is 0 Å². The lowest BCUT2D eigenvalue weighted by Gasteiger charge is -2.30. The van der Waals surface area contributed by atoms with E-state index in [0.717, 1.165) is 0 Å². The van der Waals surface area contributed by atoms with Gasteiger partial charge in [-0.1, -0.05) is 0 Å². The molecule has 0 bridgehead atoms. The maximum absolute atomic E-state index is 10.6. The molecule has 0 saturated carbocycles. The van der Waals surface area contributed by atoms with E-state index in [2.05, 4.69) is 15.3 Å². The smallest absolute Gasteiger partial charge is 0.225 e. The third-order valence-corrected chi connectivity index (χ3v) is 1.74. The predicted molar refractivity (Wildman–Crippen MR) is 51.6 cm³/mol. The summed E-state index contributed by atoms with van der Waals surface area (Å²) < 4.78 is 30.7. The van der Waals surface area contributed by atoms with Crippen molar-refractivity contribution in [2.45, 2.75) is 0 Å². The van der Waals surface area contributed by atoms with E-state index >= 15 is 0 Å². The van der Waals surface area contributed by atoms with Crippen LogP contribution in [0.15, 0.2) is 23.7 Å². The van der Waals surface area contributed by atoms with E-state index in [1.807, 2.05) is 0 Å². The Morgan fingerprint density at radius 1 is 1.36 bits per heavy atom. The first-order valence-electron chi connectivity index (χ1n) is 6.02. The normalized spacial score (nSPS) is 28.3. The molecule has 0 aliphatic carbocycles. The Labute approximate surface area is 87.1 Å². The average molecular weight is 197 g/mol. The van der Waals surface area contributed by atoms with Crippen LogP contribution in [0, 0.1) is 4.91 Å². The number of anilines is 1. The van der Waals surface area contributed by atoms with Gasteiger partial charge >= 0.3 is 0 Å². The molecular formula is C8H11N5O. The van der Waals surface area contributed by atoms with Crippen LogP contribution in [0.3, 0.4) is 0 Å². The predicted octanol–water partition coefficient (Wildman–Crippen LogP) is 0.280. The van der Waals surface area contributed by atoms with Gasteiger partial charge in [-0.25, -0.2) is 9.97 Å². The van der Waals surface area contributed by atoms with Crippen molar-refractivity contribution in [3.63, 3.8) is 0 Å². The van der Waals surface area contributed by atoms with Gasteiger partial charge in [-0.05, 0) is 6.07 Å². The molecule has 1 aromatic heterocycles. The van der Waals surface area contributed by atoms with Crippen LogP contribution in [0.5, 0.6) is 0 Å². The summed E-state index contributed by atoms with van der Waals surface area (Å²) in [6, 6.07) is 1.61. The first-order chi connectivity index (χ1) is 8.37. The molecule has 0 aromatic carbocycles. The van der Waals surface area contributed by atoms with Crippen LogP contribution in [0.2, 0.25) is 0 Å². The summed E-state index contributed by atoms with van der Waals surface area (Å²) in [6.07, 6.45) is 2.97. The maximum Gasteiger partial charge on any atom is 0.225 e. The van der Waals surface area contributed by atoms with Crippen LogP contribution >= 0.6 is 0 Å². The number of aromatic nitrogens is 2. The van der Waals surface area contributed by atoms with Crippen LogP contribution in [-0.4, -0.2) is 41.1 Å². The minimum atomic E-state index is -2.22. The van der Waals surface area contributed by atoms with Crippen LogP contribution in [-0.2, 0) is 0 Å². The summed E-state index contributed by atoms with van der Waals surface area (Å²) >= 11 is 0. The van der Waals surface area contributed by atoms with Crippen LogP contribution in [0.25, 0.3) is 0 Å². The van der Waals surface area contributed by atoms with E-state index < -0.39 is 13.0 Å². The lowest BCUT2D eigenvalue weighted by molar-refractivity contribution is 0.265. The summed E-state index contributed by atoms with van der Waals surface area (Å²) in [5.74, 6) is 0.218. The Balaban J connectivity index is 2.31. The SMILES string of the molecule is [2H]C1([2H])CN(c2ncccn2)CC([2H])([2H])N1N=O. The summed E-state index contributed by atoms with van der Waals surface area (Å²) in [7, 11) is 0. The lowest BCUT2D eigenvalue weighted by Crippen LogP contribution is -2.44. The number of nitrogens with zero attached hydrogens (tertiary/aromatic N) is 5. The highest BCUT2D eigenvalue weighted by Gasteiger charge is 2.17. The topological polar surface area (TPSA) is 61.7 Å². The summed E-state index contributed by atoms with van der Waals surface area (Å²) in [6.45, 7) is -4.91. The monoisotopic (exact) mass is 197 g/mol. The second-order valence-electron chi connectivity index (χ2n) is 2.61. The minimum absolute atomic E-state index is 0.218. The highest BCUT2D eigenvalue weighted by Crippen LogP contribution is 2.09. The Morgan fingerprint density at radius 2 is 2.00 bits per heavy atom. The lowest BCUT2D eigenvalue weighted by atomic mass is 10.4. The van der Waals surface area contributed by atoms with Gasteiger partial charge in [-0.15, -0.1) is 4.91 Å². The minimum Gasteiger partial charge on any atom is -0.337 e. The average Bonchev–Trinajstić information content (AvgIpc) is 2.27. The van der Waals surface area contributed by atoms with Gasteiger partial charge in [-0.2, -0.15) is 0 Å². The molecule has 0 atom stereocenters. The zero-order chi connectivity index (χ0) is 13.4. The third kappa shape index (κ3) is 1.78. The number of hydrogen-bond donors (Lipinski definition) is 0. The number of piperazine rings is 1. The fraction of sp³-hybridized carbons (Fsp3) is 0.500. The van der Waals surface area contributed by atoms with Crippen molar-refractivity contribution >= 4 is 5.95 Å². The van der Waals surface area contributed by atoms with E-state index in [1.165, 1.54) is 17.3 Å². The molecule has 0 radical (unpaired) electrons. The highest BCUT2D eigenvalue weighted by atomic mass is 16.3. The van der Waals surface area contributed by atoms with E-state index in [-0.39, 0.29) is 19.0 Å². The Hall–Kier alpha value is -1.72. The van der Waals surface area contributed by atoms with Crippen LogP contribution < -0.4 is 4.90 Å². The van der Waals surface area contributed by atoms with Gasteiger partial charge in [0.05, 0.1) is 23.8 Å². The van der Waals surface area contributed by atoms with E-state index in [4.69, 9.17) is 5.48 Å². The van der Waals surface area contributed by atoms with Crippen molar-refractivity contribution in [2.24, 2.45) is 5.29 Å². The first kappa shape index (κ1) is 5.23. The highest BCUT2D eigenvalue weighted by molar-refractivity contribution is 5.28. The van der Waals surface area contributed by atoms with Crippen molar-refractivity contribution < 1.29 is 5.48 Å². The van der Waals surface area contributed by atoms with Crippen LogP contribution in [0.1, 0.15) is 5.48 Å². The number of rotatable bonds is 2. The second kappa shape index (κ2) is 3.99. The third-order valence-electron chi connectivity index (χ3n) is 1.74. The molecule has 2 rings (SSSR count). The second-order valence-corrected chi connectivity index (χ2v) is 2.61. The van der Waals surface area contributed by atoms with Gasteiger partial charge in [0.15, 0.2) is 0 Å². The molecule has 6 nitrogen and oxygen atoms in total. The molecule has 74 valence electrons. The molecule has 0 unspecified atom stereocenters. The molecule has 2 heterocycles. The van der Waals surface area contributed by atoms with Crippen molar-refractivity contribution in [1.82, 2.24) is 15.0 Å². The van der Waals surface area contributed by atoms with Gasteiger partial charge in [0.1, 0.15) is 0 Å². The van der Waals surface area contributed by atoms with Crippen molar-refractivity contribution in [1.29, 1.82) is 0 Å². The fourth-order valence-corrected chi connectivity index (χ4v) is 1.07. The molecule has 1 aliphatic heterocycles. The first-order valence-corrected chi connectivity index (χ1v) is 4.02. The number of nitroso groups, excluding NO2 is 1. The van der Waals surface area contributed by atoms with Gasteiger partial charge in [0.2, 0.25) is 5.95 Å². The molecule has 6 heteroatoms. The summed E-state index contributed by atoms with van der Waals surface area (Å²) in [4.78, 5) is 19.8. The molecular weight excluding hydrogens is 182 g/mol. The van der Waals surface area contributed by atoms with E-state index in [9.17, 15) is 4.91 Å². The largest absolute Gasteiger partial charge is 0.337 e. The standard InChI is InChI=1S/C8H11N5O/c14-11-13-6-4-12(5-7-13)8-9-2-1-3-10-8/h1-3H,4-7H2/i6D2,7D2. The van der Waals surface area contributed by atoms with Crippen LogP contribution in [0.4, 0.5) is 5.95 Å². The Morgan fingerprint density at radius 3 is 2.57 bits per heavy atom. The van der Waals surface area contributed by atoms with Gasteiger partial charge < -0.3 is 4.90 Å². The molecule has 1 aromatic rings. The van der Waals surface area contributed by atoms with Crippen molar-refractivity contribution in [3.05, 3.63) is 23.4 Å². The zero-order valence-electron chi connectivity index (χ0n) is 11.3. The quantitative estimate of drug-likeness (QED) is 0.637. The molecule has 1 fully saturated rings. The molecule has 1 aliphatic rings. The summed E-state index contributed by atoms with van der Waals surface area (Å²) in [5, 5.41) is 2.75. The number of hydrogen-bond acceptors (Lipinski definition) is 5. The molecule has 1 saturated heterocycles.